The van der Waals surface area contributed by atoms with Crippen LogP contribution in [0, 0.1) is 45.6 Å². The molecule has 10 rings (SSSR count). The topological polar surface area (TPSA) is 244 Å². The molecule has 1 fully saturated rings. The first kappa shape index (κ1) is 68.0. The smallest absolute Gasteiger partial charge is 0.446 e. The largest absolute Gasteiger partial charge is 0.478 e. The number of ketones is 2. The van der Waals surface area contributed by atoms with Crippen LogP contribution >= 0.6 is 67.8 Å². The molecule has 1 saturated heterocycles. The summed E-state index contributed by atoms with van der Waals surface area (Å²) in [6.07, 6.45) is -4.36. The molecule has 87 heavy (non-hydrogen) atoms. The number of hydrogen-bond donors (Lipinski definition) is 3. The molecular formula is C58H45F9I3N3O14. The number of benzene rings is 6. The first-order valence-corrected chi connectivity index (χ1v) is 28.4. The molecule has 3 aromatic heterocycles. The van der Waals surface area contributed by atoms with E-state index in [2.05, 4.69) is 15.0 Å². The number of carbonyl (C=O) groups is 4. The van der Waals surface area contributed by atoms with Crippen molar-refractivity contribution >= 4 is 125 Å². The lowest BCUT2D eigenvalue weighted by Gasteiger charge is -2.17. The summed E-state index contributed by atoms with van der Waals surface area (Å²) in [7, 11) is 0. The Morgan fingerprint density at radius 3 is 1.34 bits per heavy atom. The number of carboxylic acids is 1. The number of alkyl halides is 3. The van der Waals surface area contributed by atoms with Gasteiger partial charge < -0.3 is 47.5 Å². The molecule has 1 aliphatic heterocycles. The van der Waals surface area contributed by atoms with E-state index in [0.29, 0.717) is 13.7 Å². The minimum absolute atomic E-state index is 0.00266. The van der Waals surface area contributed by atoms with Gasteiger partial charge in [0.25, 0.3) is 0 Å². The maximum atomic E-state index is 15.2. The fourth-order valence-electron chi connectivity index (χ4n) is 8.40. The fourth-order valence-corrected chi connectivity index (χ4v) is 9.76. The Bertz CT molecular complexity index is 3970. The van der Waals surface area contributed by atoms with Gasteiger partial charge in [0.05, 0.1) is 32.0 Å². The van der Waals surface area contributed by atoms with Gasteiger partial charge in [-0.05, 0) is 153 Å². The monoisotopic (exact) mass is 1560 g/mol. The molecule has 0 radical (unpaired) electrons. The van der Waals surface area contributed by atoms with Crippen LogP contribution in [0.4, 0.5) is 39.5 Å². The van der Waals surface area contributed by atoms with Crippen LogP contribution in [0.15, 0.2) is 105 Å². The number of aliphatic hydroxyl groups excluding tert-OH is 2. The Hall–Kier alpha value is -6.47. The zero-order valence-electron chi connectivity index (χ0n) is 45.0. The van der Waals surface area contributed by atoms with Crippen molar-refractivity contribution in [2.45, 2.75) is 57.3 Å². The average molecular weight is 1560 g/mol. The minimum Gasteiger partial charge on any atom is -0.478 e. The maximum Gasteiger partial charge on any atom is 0.446 e. The molecule has 0 bridgehead atoms. The minimum atomic E-state index is -4.64. The van der Waals surface area contributed by atoms with Gasteiger partial charge in [-0.15, -0.1) is 0 Å². The van der Waals surface area contributed by atoms with Gasteiger partial charge in [0.2, 0.25) is 6.29 Å². The number of oxazole rings is 3. The van der Waals surface area contributed by atoms with E-state index in [1.165, 1.54) is 48.5 Å². The van der Waals surface area contributed by atoms with Gasteiger partial charge in [0.15, 0.2) is 70.7 Å². The molecule has 9 aromatic rings. The van der Waals surface area contributed by atoms with E-state index in [1.807, 2.05) is 67.8 Å². The van der Waals surface area contributed by atoms with E-state index < -0.39 is 90.0 Å². The van der Waals surface area contributed by atoms with Crippen molar-refractivity contribution in [1.29, 1.82) is 0 Å². The number of nitrogens with zero attached hydrogens (tertiary/aromatic N) is 3. The third-order valence-electron chi connectivity index (χ3n) is 12.5. The van der Waals surface area contributed by atoms with Gasteiger partial charge in [0, 0.05) is 57.8 Å². The van der Waals surface area contributed by atoms with Gasteiger partial charge in [-0.2, -0.15) is 13.2 Å². The second-order valence-electron chi connectivity index (χ2n) is 19.1. The highest BCUT2D eigenvalue weighted by Gasteiger charge is 2.33. The van der Waals surface area contributed by atoms with Gasteiger partial charge in [0.1, 0.15) is 59.4 Å². The van der Waals surface area contributed by atoms with Gasteiger partial charge in [-0.25, -0.2) is 46.1 Å². The molecule has 1 aliphatic rings. The van der Waals surface area contributed by atoms with Crippen molar-refractivity contribution in [2.75, 3.05) is 39.6 Å². The number of aldehydes is 1. The lowest BCUT2D eigenvalue weighted by Crippen LogP contribution is -2.25. The molecule has 2 unspecified atom stereocenters. The van der Waals surface area contributed by atoms with E-state index in [9.17, 15) is 55.3 Å². The van der Waals surface area contributed by atoms with Gasteiger partial charge >= 0.3 is 12.1 Å². The van der Waals surface area contributed by atoms with Gasteiger partial charge in [-0.3, -0.25) is 14.4 Å². The first-order valence-electron chi connectivity index (χ1n) is 25.2. The summed E-state index contributed by atoms with van der Waals surface area (Å²) in [5.41, 5.74) is 0.585. The zero-order chi connectivity index (χ0) is 63.5. The molecule has 0 aliphatic carbocycles. The number of halogens is 12. The molecule has 6 aromatic carbocycles. The number of rotatable bonds is 18. The van der Waals surface area contributed by atoms with Crippen LogP contribution in [-0.2, 0) is 43.0 Å². The van der Waals surface area contributed by atoms with Crippen LogP contribution < -0.4 is 0 Å². The Balaban J connectivity index is 0.000000180. The highest BCUT2D eigenvalue weighted by atomic mass is 127. The van der Waals surface area contributed by atoms with E-state index in [4.69, 9.17) is 42.1 Å². The second kappa shape index (κ2) is 30.2. The van der Waals surface area contributed by atoms with Crippen molar-refractivity contribution in [2.24, 2.45) is 0 Å². The molecule has 17 nitrogen and oxygen atoms in total. The molecular weight excluding hydrogens is 1510 g/mol. The first-order chi connectivity index (χ1) is 41.2. The van der Waals surface area contributed by atoms with Crippen LogP contribution in [0.1, 0.15) is 78.3 Å². The quantitative estimate of drug-likeness (QED) is 0.0313. The predicted octanol–water partition coefficient (Wildman–Crippen LogP) is 12.3. The molecule has 4 heterocycles. The van der Waals surface area contributed by atoms with Crippen LogP contribution in [-0.4, -0.2) is 118 Å². The summed E-state index contributed by atoms with van der Waals surface area (Å²) in [6.45, 7) is 2.61. The highest BCUT2D eigenvalue weighted by molar-refractivity contribution is 14.1. The van der Waals surface area contributed by atoms with E-state index in [0.717, 1.165) is 22.8 Å². The molecule has 3 N–H and O–H groups in total. The standard InChI is InChI=1S/C22H20F2INO5.C19H16F2INO5.C15H8F2INO3.C2HF3O/c1-22(2)30-9-14(31-22)8-28-10-18(27)15-7-19-21(26-11-29-19)20(24)16(15)5-12-3-4-13(25)6-17(12)23;20-15-4-11(22)2-1-10(15)3-14-13(16(26)8-27-7-12(25)6-24)5-17-19(18(14)21)23-9-28-17;16-11-4-8(18)2-1-7(11)3-9-10(15(20)21)5-12-14(13(9)17)19-6-22-12;3-2(4,5)1-6/h3-4,6-7,11,14H,5,8-10H2,1-2H3;1-2,4-5,9,12,24-25H,3,6-8H2;1-2,4-6H,3H2,(H,20,21);1H. The Labute approximate surface area is 527 Å². The lowest BCUT2D eigenvalue weighted by molar-refractivity contribution is -0.156. The van der Waals surface area contributed by atoms with Gasteiger partial charge in [-0.1, -0.05) is 18.2 Å². The average Bonchev–Trinajstić information content (AvgIpc) is 2.91. The predicted molar refractivity (Wildman–Crippen MR) is 315 cm³/mol. The number of fused-ring (bicyclic) bond motifs is 3. The number of carbonyl (C=O) groups excluding carboxylic acids is 3. The Kier molecular flexibility index (Phi) is 23.6. The number of aromatic nitrogens is 3. The van der Waals surface area contributed by atoms with Crippen LogP contribution in [0.25, 0.3) is 33.3 Å². The maximum absolute atomic E-state index is 15.2. The summed E-state index contributed by atoms with van der Waals surface area (Å²) >= 11 is 5.92. The SMILES string of the molecule is CC1(C)OCC(COCC(=O)c2cc3ocnc3c(F)c2Cc2ccc(I)cc2F)O1.O=C(COCC(O)CO)c1cc2ocnc2c(F)c1Cc1ccc(I)cc1F.O=C(O)c1cc2ocnc2c(F)c1Cc1ccc(I)cc1F.O=CC(F)(F)F. The summed E-state index contributed by atoms with van der Waals surface area (Å²) in [5.74, 6) is -6.77. The van der Waals surface area contributed by atoms with Crippen molar-refractivity contribution in [3.05, 3.63) is 188 Å². The molecule has 2 atom stereocenters. The third kappa shape index (κ3) is 18.1. The highest BCUT2D eigenvalue weighted by Crippen LogP contribution is 2.32. The molecule has 460 valence electrons. The van der Waals surface area contributed by atoms with Crippen LogP contribution in [0.5, 0.6) is 0 Å². The fraction of sp³-hybridized carbons (Fsp3) is 0.259. The number of carboxylic acid groups (broad SMARTS) is 1. The normalized spacial score (nSPS) is 14.0. The molecule has 29 heteroatoms. The summed E-state index contributed by atoms with van der Waals surface area (Å²) in [6, 6.07) is 17.7. The molecule has 0 spiro atoms. The van der Waals surface area contributed by atoms with E-state index in [-0.39, 0.29) is 129 Å². The second-order valence-corrected chi connectivity index (χ2v) is 22.9. The van der Waals surface area contributed by atoms with Crippen molar-refractivity contribution < 1.29 is 106 Å². The van der Waals surface area contributed by atoms with E-state index >= 15 is 8.78 Å². The zero-order valence-corrected chi connectivity index (χ0v) is 51.4. The summed E-state index contributed by atoms with van der Waals surface area (Å²) in [4.78, 5) is 56.9. The number of Topliss-reactive ketones (excluding diaryl/α,β-unsaturated/α-hetero) is 2. The summed E-state index contributed by atoms with van der Waals surface area (Å²) in [5, 5.41) is 27.3. The number of aromatic carboxylic acids is 1. The van der Waals surface area contributed by atoms with Crippen LogP contribution in [0.3, 0.4) is 0 Å². The van der Waals surface area contributed by atoms with E-state index in [1.54, 1.807) is 38.1 Å². The number of hydrogen-bond acceptors (Lipinski definition) is 16. The number of ether oxygens (including phenoxy) is 4. The molecule has 0 amide bonds. The Morgan fingerprint density at radius 1 is 0.644 bits per heavy atom. The van der Waals surface area contributed by atoms with Crippen molar-refractivity contribution in [3.63, 3.8) is 0 Å². The Morgan fingerprint density at radius 2 is 1.01 bits per heavy atom. The lowest BCUT2D eigenvalue weighted by atomic mass is 9.95. The third-order valence-corrected chi connectivity index (χ3v) is 14.5. The van der Waals surface area contributed by atoms with Crippen molar-refractivity contribution in [3.8, 4) is 0 Å². The molecule has 0 saturated carbocycles. The number of aliphatic hydroxyl groups is 2. The summed E-state index contributed by atoms with van der Waals surface area (Å²) < 4.78 is 158. The van der Waals surface area contributed by atoms with Crippen LogP contribution in [0.2, 0.25) is 0 Å². The van der Waals surface area contributed by atoms with Crippen molar-refractivity contribution in [1.82, 2.24) is 15.0 Å².